The molecular formula is C29H26F2O6. The third-order valence-electron chi connectivity index (χ3n) is 5.18. The van der Waals surface area contributed by atoms with Crippen molar-refractivity contribution in [2.24, 2.45) is 0 Å². The van der Waals surface area contributed by atoms with E-state index in [4.69, 9.17) is 18.9 Å². The van der Waals surface area contributed by atoms with Crippen LogP contribution < -0.4 is 14.2 Å². The zero-order valence-electron chi connectivity index (χ0n) is 20.7. The number of carbonyl (C=O) groups excluding carboxylic acids is 2. The second kappa shape index (κ2) is 12.0. The van der Waals surface area contributed by atoms with Gasteiger partial charge in [-0.3, -0.25) is 0 Å². The number of methoxy groups -OCH3 is 1. The molecule has 0 spiro atoms. The molecule has 0 fully saturated rings. The summed E-state index contributed by atoms with van der Waals surface area (Å²) in [6.45, 7) is 9.97. The summed E-state index contributed by atoms with van der Waals surface area (Å²) < 4.78 is 50.4. The van der Waals surface area contributed by atoms with Crippen LogP contribution in [0.2, 0.25) is 0 Å². The highest BCUT2D eigenvalue weighted by Crippen LogP contribution is 2.35. The number of esters is 2. The molecule has 3 aromatic rings. The molecule has 0 aliphatic carbocycles. The fourth-order valence-electron chi connectivity index (χ4n) is 3.24. The van der Waals surface area contributed by atoms with Crippen LogP contribution in [0.4, 0.5) is 8.78 Å². The van der Waals surface area contributed by atoms with Gasteiger partial charge in [0.25, 0.3) is 0 Å². The van der Waals surface area contributed by atoms with Crippen molar-refractivity contribution in [1.29, 1.82) is 0 Å². The third kappa shape index (κ3) is 6.82. The smallest absolute Gasteiger partial charge is 0.338 e. The molecule has 0 aliphatic rings. The van der Waals surface area contributed by atoms with Gasteiger partial charge in [-0.25, -0.2) is 18.4 Å². The average Bonchev–Trinajstić information content (AvgIpc) is 2.87. The van der Waals surface area contributed by atoms with Gasteiger partial charge in [-0.2, -0.15) is 0 Å². The Morgan fingerprint density at radius 1 is 0.730 bits per heavy atom. The van der Waals surface area contributed by atoms with E-state index < -0.39 is 23.6 Å². The van der Waals surface area contributed by atoms with Crippen LogP contribution in [0.5, 0.6) is 17.2 Å². The van der Waals surface area contributed by atoms with Gasteiger partial charge in [-0.1, -0.05) is 37.4 Å². The molecule has 0 aliphatic heterocycles. The Labute approximate surface area is 213 Å². The molecule has 0 unspecified atom stereocenters. The van der Waals surface area contributed by atoms with Crippen LogP contribution in [0.15, 0.2) is 78.9 Å². The fraction of sp³-hybridized carbons (Fsp3) is 0.172. The van der Waals surface area contributed by atoms with Crippen LogP contribution >= 0.6 is 0 Å². The van der Waals surface area contributed by atoms with Crippen molar-refractivity contribution in [1.82, 2.24) is 0 Å². The summed E-state index contributed by atoms with van der Waals surface area (Å²) in [5.41, 5.74) is 2.18. The second-order valence-corrected chi connectivity index (χ2v) is 8.14. The molecule has 192 valence electrons. The Balaban J connectivity index is 1.75. The van der Waals surface area contributed by atoms with Gasteiger partial charge < -0.3 is 18.9 Å². The number of carbonyl (C=O) groups is 2. The van der Waals surface area contributed by atoms with E-state index in [1.165, 1.54) is 45.2 Å². The van der Waals surface area contributed by atoms with Crippen LogP contribution in [-0.4, -0.2) is 32.3 Å². The van der Waals surface area contributed by atoms with Gasteiger partial charge in [0.05, 0.1) is 7.11 Å². The van der Waals surface area contributed by atoms with Crippen molar-refractivity contribution in [2.75, 3.05) is 20.3 Å². The minimum absolute atomic E-state index is 0.0215. The summed E-state index contributed by atoms with van der Waals surface area (Å²) in [6.07, 6.45) is 0. The quantitative estimate of drug-likeness (QED) is 0.139. The number of ether oxygens (including phenoxy) is 4. The molecule has 0 atom stereocenters. The number of benzene rings is 3. The minimum atomic E-state index is -0.641. The molecule has 37 heavy (non-hydrogen) atoms. The van der Waals surface area contributed by atoms with E-state index >= 15 is 4.39 Å². The van der Waals surface area contributed by atoms with Crippen molar-refractivity contribution < 1.29 is 37.3 Å². The molecule has 0 radical (unpaired) electrons. The Hall–Kier alpha value is -4.46. The maximum Gasteiger partial charge on any atom is 0.338 e. The predicted octanol–water partition coefficient (Wildman–Crippen LogP) is 6.29. The topological polar surface area (TPSA) is 71.1 Å². The first-order valence-electron chi connectivity index (χ1n) is 11.2. The SMILES string of the molecule is C=C(C)C(=O)OCCOc1ccc(-c2ccc(-c3ccc(OC(=O)C(=C)C)c(OC)c3)c(F)c2)cc1F. The summed E-state index contributed by atoms with van der Waals surface area (Å²) >= 11 is 0. The maximum absolute atomic E-state index is 15.1. The van der Waals surface area contributed by atoms with E-state index in [9.17, 15) is 14.0 Å². The third-order valence-corrected chi connectivity index (χ3v) is 5.18. The van der Waals surface area contributed by atoms with Crippen molar-refractivity contribution >= 4 is 11.9 Å². The highest BCUT2D eigenvalue weighted by atomic mass is 19.1. The number of hydrogen-bond donors (Lipinski definition) is 0. The summed E-state index contributed by atoms with van der Waals surface area (Å²) in [6, 6.07) is 13.4. The number of rotatable bonds is 10. The highest BCUT2D eigenvalue weighted by molar-refractivity contribution is 5.89. The molecule has 0 heterocycles. The summed E-state index contributed by atoms with van der Waals surface area (Å²) in [5, 5.41) is 0. The second-order valence-electron chi connectivity index (χ2n) is 8.14. The zero-order chi connectivity index (χ0) is 27.1. The van der Waals surface area contributed by atoms with Crippen LogP contribution in [-0.2, 0) is 14.3 Å². The van der Waals surface area contributed by atoms with Crippen molar-refractivity contribution in [2.45, 2.75) is 13.8 Å². The lowest BCUT2D eigenvalue weighted by molar-refractivity contribution is -0.139. The van der Waals surface area contributed by atoms with Gasteiger partial charge in [-0.05, 0) is 60.9 Å². The first-order chi connectivity index (χ1) is 17.6. The maximum atomic E-state index is 15.1. The van der Waals surface area contributed by atoms with E-state index in [-0.39, 0.29) is 47.2 Å². The molecule has 6 nitrogen and oxygen atoms in total. The van der Waals surface area contributed by atoms with Crippen LogP contribution in [0, 0.1) is 11.6 Å². The van der Waals surface area contributed by atoms with E-state index in [0.29, 0.717) is 16.7 Å². The molecule has 3 rings (SSSR count). The average molecular weight is 509 g/mol. The van der Waals surface area contributed by atoms with Gasteiger partial charge in [-0.15, -0.1) is 0 Å². The molecule has 8 heteroatoms. The number of halogens is 2. The molecule has 0 bridgehead atoms. The number of hydrogen-bond acceptors (Lipinski definition) is 6. The van der Waals surface area contributed by atoms with Crippen molar-refractivity contribution in [3.8, 4) is 39.5 Å². The Morgan fingerprint density at radius 2 is 1.32 bits per heavy atom. The largest absolute Gasteiger partial charge is 0.493 e. The predicted molar refractivity (Wildman–Crippen MR) is 135 cm³/mol. The van der Waals surface area contributed by atoms with E-state index in [2.05, 4.69) is 13.2 Å². The fourth-order valence-corrected chi connectivity index (χ4v) is 3.24. The van der Waals surface area contributed by atoms with Gasteiger partial charge >= 0.3 is 11.9 Å². The van der Waals surface area contributed by atoms with E-state index in [1.807, 2.05) is 0 Å². The van der Waals surface area contributed by atoms with Crippen molar-refractivity contribution in [3.63, 3.8) is 0 Å². The normalized spacial score (nSPS) is 10.4. The summed E-state index contributed by atoms with van der Waals surface area (Å²) in [4.78, 5) is 23.2. The van der Waals surface area contributed by atoms with Gasteiger partial charge in [0.15, 0.2) is 23.1 Å². The molecule has 0 saturated carbocycles. The molecule has 0 N–H and O–H groups in total. The molecule has 0 aromatic heterocycles. The zero-order valence-corrected chi connectivity index (χ0v) is 20.7. The molecule has 0 saturated heterocycles. The highest BCUT2D eigenvalue weighted by Gasteiger charge is 2.15. The van der Waals surface area contributed by atoms with Gasteiger partial charge in [0.1, 0.15) is 19.0 Å². The van der Waals surface area contributed by atoms with Gasteiger partial charge in [0, 0.05) is 16.7 Å². The molecular weight excluding hydrogens is 482 g/mol. The van der Waals surface area contributed by atoms with E-state index in [1.54, 1.807) is 30.3 Å². The van der Waals surface area contributed by atoms with Crippen LogP contribution in [0.25, 0.3) is 22.3 Å². The molecule has 3 aromatic carbocycles. The lowest BCUT2D eigenvalue weighted by atomic mass is 9.99. The Kier molecular flexibility index (Phi) is 8.79. The Bertz CT molecular complexity index is 1360. The first-order valence-corrected chi connectivity index (χ1v) is 11.2. The lowest BCUT2D eigenvalue weighted by Crippen LogP contribution is -2.12. The minimum Gasteiger partial charge on any atom is -0.493 e. The van der Waals surface area contributed by atoms with Gasteiger partial charge in [0.2, 0.25) is 0 Å². The Morgan fingerprint density at radius 3 is 1.92 bits per heavy atom. The van der Waals surface area contributed by atoms with Crippen LogP contribution in [0.1, 0.15) is 13.8 Å². The van der Waals surface area contributed by atoms with Crippen LogP contribution in [0.3, 0.4) is 0 Å². The van der Waals surface area contributed by atoms with Crippen molar-refractivity contribution in [3.05, 3.63) is 90.5 Å². The summed E-state index contributed by atoms with van der Waals surface area (Å²) in [7, 11) is 1.41. The monoisotopic (exact) mass is 508 g/mol. The standard InChI is InChI=1S/C29H26F2O6/c1-17(2)28(32)36-13-12-35-25-10-7-20(15-24(25)31)19-6-9-22(23(30)14-19)21-8-11-26(27(16-21)34-5)37-29(33)18(3)4/h6-11,14-16H,1,3,12-13H2,2,4-5H3. The summed E-state index contributed by atoms with van der Waals surface area (Å²) in [5.74, 6) is -1.91. The first kappa shape index (κ1) is 27.1. The van der Waals surface area contributed by atoms with E-state index in [0.717, 1.165) is 0 Å². The molecule has 0 amide bonds. The lowest BCUT2D eigenvalue weighted by Gasteiger charge is -2.13.